The molecule has 1 N–H and O–H groups in total. The van der Waals surface area contributed by atoms with Crippen molar-refractivity contribution in [1.29, 1.82) is 0 Å². The molecule has 2 saturated heterocycles. The monoisotopic (exact) mass is 232 g/mol. The number of nitrogens with one attached hydrogen (secondary N) is 1. The smallest absolute Gasteiger partial charge is 0.143 e. The summed E-state index contributed by atoms with van der Waals surface area (Å²) in [7, 11) is 0. The van der Waals surface area contributed by atoms with Crippen LogP contribution in [0, 0.1) is 0 Å². The Kier molecular flexibility index (Phi) is 2.71. The lowest BCUT2D eigenvalue weighted by molar-refractivity contribution is 0.0353. The molecular weight excluding hydrogens is 212 g/mol. The standard InChI is InChI=1S/C14H20N2O/c1-14(10-15-11-14)17-13-7-3-2-6-12(13)16-8-4-5-9-16/h2-3,6-7,15H,4-5,8-11H2,1H3. The lowest BCUT2D eigenvalue weighted by atomic mass is 10.00. The number of hydrogen-bond acceptors (Lipinski definition) is 3. The van der Waals surface area contributed by atoms with E-state index in [-0.39, 0.29) is 5.60 Å². The third-order valence-electron chi connectivity index (χ3n) is 3.67. The Hall–Kier alpha value is -1.22. The lowest BCUT2D eigenvalue weighted by Gasteiger charge is -2.40. The van der Waals surface area contributed by atoms with Crippen molar-refractivity contribution in [2.75, 3.05) is 31.1 Å². The minimum atomic E-state index is -0.0180. The molecule has 2 heterocycles. The highest BCUT2D eigenvalue weighted by Gasteiger charge is 2.34. The lowest BCUT2D eigenvalue weighted by Crippen LogP contribution is -2.61. The molecule has 0 aliphatic carbocycles. The molecule has 3 rings (SSSR count). The van der Waals surface area contributed by atoms with Crippen LogP contribution in [0.15, 0.2) is 24.3 Å². The Morgan fingerprint density at radius 1 is 1.18 bits per heavy atom. The molecule has 0 radical (unpaired) electrons. The maximum Gasteiger partial charge on any atom is 0.143 e. The number of benzene rings is 1. The largest absolute Gasteiger partial charge is 0.483 e. The number of nitrogens with zero attached hydrogens (tertiary/aromatic N) is 1. The summed E-state index contributed by atoms with van der Waals surface area (Å²) >= 11 is 0. The summed E-state index contributed by atoms with van der Waals surface area (Å²) < 4.78 is 6.18. The maximum atomic E-state index is 6.18. The molecule has 1 aromatic carbocycles. The van der Waals surface area contributed by atoms with Crippen LogP contribution in [0.25, 0.3) is 0 Å². The van der Waals surface area contributed by atoms with E-state index in [9.17, 15) is 0 Å². The van der Waals surface area contributed by atoms with Crippen LogP contribution in [0.3, 0.4) is 0 Å². The first-order valence-electron chi connectivity index (χ1n) is 6.51. The quantitative estimate of drug-likeness (QED) is 0.863. The Labute approximate surface area is 103 Å². The highest BCUT2D eigenvalue weighted by atomic mass is 16.5. The molecule has 3 heteroatoms. The molecule has 2 aliphatic rings. The summed E-state index contributed by atoms with van der Waals surface area (Å²) in [5.74, 6) is 1.04. The molecule has 3 nitrogen and oxygen atoms in total. The van der Waals surface area contributed by atoms with Crippen molar-refractivity contribution in [2.45, 2.75) is 25.4 Å². The highest BCUT2D eigenvalue weighted by Crippen LogP contribution is 2.33. The van der Waals surface area contributed by atoms with Gasteiger partial charge in [0.1, 0.15) is 11.4 Å². The fourth-order valence-corrected chi connectivity index (χ4v) is 2.58. The van der Waals surface area contributed by atoms with Crippen LogP contribution >= 0.6 is 0 Å². The van der Waals surface area contributed by atoms with Gasteiger partial charge in [0, 0.05) is 26.2 Å². The zero-order chi connectivity index (χ0) is 11.7. The molecule has 0 unspecified atom stereocenters. The van der Waals surface area contributed by atoms with E-state index in [1.54, 1.807) is 0 Å². The molecule has 1 aromatic rings. The van der Waals surface area contributed by atoms with E-state index < -0.39 is 0 Å². The minimum Gasteiger partial charge on any atom is -0.483 e. The van der Waals surface area contributed by atoms with Crippen LogP contribution in [0.2, 0.25) is 0 Å². The van der Waals surface area contributed by atoms with Crippen LogP contribution in [0.1, 0.15) is 19.8 Å². The molecule has 2 fully saturated rings. The van der Waals surface area contributed by atoms with E-state index in [0.29, 0.717) is 0 Å². The Bertz CT molecular complexity index is 395. The van der Waals surface area contributed by atoms with Crippen LogP contribution in [0.4, 0.5) is 5.69 Å². The predicted molar refractivity (Wildman–Crippen MR) is 69.8 cm³/mol. The molecule has 0 saturated carbocycles. The van der Waals surface area contributed by atoms with Gasteiger partial charge in [0.15, 0.2) is 0 Å². The van der Waals surface area contributed by atoms with Crippen molar-refractivity contribution < 1.29 is 4.74 Å². The first-order valence-corrected chi connectivity index (χ1v) is 6.51. The van der Waals surface area contributed by atoms with Crippen molar-refractivity contribution in [1.82, 2.24) is 5.32 Å². The summed E-state index contributed by atoms with van der Waals surface area (Å²) in [6.07, 6.45) is 2.60. The van der Waals surface area contributed by atoms with Gasteiger partial charge in [-0.05, 0) is 31.9 Å². The zero-order valence-corrected chi connectivity index (χ0v) is 10.4. The van der Waals surface area contributed by atoms with E-state index in [4.69, 9.17) is 4.74 Å². The zero-order valence-electron chi connectivity index (χ0n) is 10.4. The number of anilines is 1. The summed E-state index contributed by atoms with van der Waals surface area (Å²) in [6.45, 7) is 6.39. The second kappa shape index (κ2) is 4.22. The Morgan fingerprint density at radius 2 is 1.88 bits per heavy atom. The summed E-state index contributed by atoms with van der Waals surface area (Å²) in [5, 5.41) is 3.27. The Balaban J connectivity index is 1.82. The molecule has 0 atom stereocenters. The second-order valence-electron chi connectivity index (χ2n) is 5.32. The van der Waals surface area contributed by atoms with Crippen molar-refractivity contribution in [3.05, 3.63) is 24.3 Å². The molecule has 0 aromatic heterocycles. The van der Waals surface area contributed by atoms with Gasteiger partial charge in [-0.3, -0.25) is 0 Å². The van der Waals surface area contributed by atoms with Gasteiger partial charge in [0.2, 0.25) is 0 Å². The van der Waals surface area contributed by atoms with Crippen molar-refractivity contribution in [3.8, 4) is 5.75 Å². The van der Waals surface area contributed by atoms with Crippen molar-refractivity contribution in [2.24, 2.45) is 0 Å². The van der Waals surface area contributed by atoms with E-state index in [2.05, 4.69) is 41.4 Å². The maximum absolute atomic E-state index is 6.18. The predicted octanol–water partition coefficient (Wildman–Crippen LogP) is 2.03. The van der Waals surface area contributed by atoms with E-state index in [0.717, 1.165) is 31.9 Å². The van der Waals surface area contributed by atoms with Gasteiger partial charge in [-0.15, -0.1) is 0 Å². The summed E-state index contributed by atoms with van der Waals surface area (Å²) in [5.41, 5.74) is 1.24. The van der Waals surface area contributed by atoms with Gasteiger partial charge < -0.3 is 15.0 Å². The number of para-hydroxylation sites is 2. The van der Waals surface area contributed by atoms with E-state index >= 15 is 0 Å². The second-order valence-corrected chi connectivity index (χ2v) is 5.32. The first-order chi connectivity index (χ1) is 8.27. The van der Waals surface area contributed by atoms with Gasteiger partial charge >= 0.3 is 0 Å². The average molecular weight is 232 g/mol. The minimum absolute atomic E-state index is 0.0180. The molecule has 17 heavy (non-hydrogen) atoms. The third kappa shape index (κ3) is 2.12. The highest BCUT2D eigenvalue weighted by molar-refractivity contribution is 5.59. The summed E-state index contributed by atoms with van der Waals surface area (Å²) in [6, 6.07) is 8.43. The Morgan fingerprint density at radius 3 is 2.53 bits per heavy atom. The summed E-state index contributed by atoms with van der Waals surface area (Å²) in [4.78, 5) is 2.44. The van der Waals surface area contributed by atoms with Gasteiger partial charge in [-0.1, -0.05) is 12.1 Å². The van der Waals surface area contributed by atoms with Crippen molar-refractivity contribution >= 4 is 5.69 Å². The topological polar surface area (TPSA) is 24.5 Å². The third-order valence-corrected chi connectivity index (χ3v) is 3.67. The van der Waals surface area contributed by atoms with Crippen LogP contribution in [0.5, 0.6) is 5.75 Å². The van der Waals surface area contributed by atoms with Crippen molar-refractivity contribution in [3.63, 3.8) is 0 Å². The molecule has 92 valence electrons. The number of ether oxygens (including phenoxy) is 1. The number of hydrogen-bond donors (Lipinski definition) is 1. The average Bonchev–Trinajstić information content (AvgIpc) is 2.81. The molecular formula is C14H20N2O. The first kappa shape index (κ1) is 10.9. The van der Waals surface area contributed by atoms with Gasteiger partial charge in [0.05, 0.1) is 5.69 Å². The fraction of sp³-hybridized carbons (Fsp3) is 0.571. The van der Waals surface area contributed by atoms with Gasteiger partial charge in [0.25, 0.3) is 0 Å². The fourth-order valence-electron chi connectivity index (χ4n) is 2.58. The molecule has 0 amide bonds. The molecule has 0 bridgehead atoms. The van der Waals surface area contributed by atoms with Crippen LogP contribution < -0.4 is 15.0 Å². The number of rotatable bonds is 3. The van der Waals surface area contributed by atoms with E-state index in [1.165, 1.54) is 18.5 Å². The van der Waals surface area contributed by atoms with E-state index in [1.807, 2.05) is 0 Å². The molecule has 0 spiro atoms. The van der Waals surface area contributed by atoms with Gasteiger partial charge in [-0.25, -0.2) is 0 Å². The van der Waals surface area contributed by atoms with Crippen LogP contribution in [-0.4, -0.2) is 31.8 Å². The van der Waals surface area contributed by atoms with Crippen LogP contribution in [-0.2, 0) is 0 Å². The SMILES string of the molecule is CC1(Oc2ccccc2N2CCCC2)CNC1. The molecule has 2 aliphatic heterocycles. The van der Waals surface area contributed by atoms with Gasteiger partial charge in [-0.2, -0.15) is 0 Å². The normalized spacial score (nSPS) is 22.3.